The van der Waals surface area contributed by atoms with Crippen molar-refractivity contribution in [3.63, 3.8) is 0 Å². The molecule has 0 saturated heterocycles. The first-order valence-corrected chi connectivity index (χ1v) is 7.85. The highest BCUT2D eigenvalue weighted by atomic mass is 16.1. The monoisotopic (exact) mass is 253 g/mol. The van der Waals surface area contributed by atoms with Crippen molar-refractivity contribution in [2.75, 3.05) is 0 Å². The molecule has 18 heavy (non-hydrogen) atoms. The zero-order valence-corrected chi connectivity index (χ0v) is 12.3. The number of unbranched alkanes of at least 4 members (excludes halogenated alkanes) is 1. The lowest BCUT2D eigenvalue weighted by Crippen LogP contribution is -2.28. The van der Waals surface area contributed by atoms with Gasteiger partial charge in [0.25, 0.3) is 0 Å². The summed E-state index contributed by atoms with van der Waals surface area (Å²) in [5, 5.41) is 0. The van der Waals surface area contributed by atoms with E-state index in [1.54, 1.807) is 6.92 Å². The zero-order valence-electron chi connectivity index (χ0n) is 12.3. The van der Waals surface area contributed by atoms with Gasteiger partial charge in [-0.2, -0.15) is 0 Å². The lowest BCUT2D eigenvalue weighted by molar-refractivity contribution is -0.118. The molecule has 0 bridgehead atoms. The van der Waals surface area contributed by atoms with Gasteiger partial charge < -0.3 is 5.73 Å². The van der Waals surface area contributed by atoms with Crippen molar-refractivity contribution in [2.24, 2.45) is 17.6 Å². The van der Waals surface area contributed by atoms with E-state index >= 15 is 0 Å². The Morgan fingerprint density at radius 3 is 2.44 bits per heavy atom. The molecule has 1 aliphatic carbocycles. The van der Waals surface area contributed by atoms with Crippen molar-refractivity contribution in [3.05, 3.63) is 0 Å². The second-order valence-electron chi connectivity index (χ2n) is 6.33. The highest BCUT2D eigenvalue weighted by Crippen LogP contribution is 2.29. The first-order valence-electron chi connectivity index (χ1n) is 7.85. The van der Waals surface area contributed by atoms with Crippen LogP contribution < -0.4 is 5.73 Å². The van der Waals surface area contributed by atoms with Crippen molar-refractivity contribution < 1.29 is 4.79 Å². The van der Waals surface area contributed by atoms with Crippen molar-refractivity contribution >= 4 is 5.78 Å². The van der Waals surface area contributed by atoms with Crippen LogP contribution in [0.25, 0.3) is 0 Å². The molecule has 2 N–H and O–H groups in total. The summed E-state index contributed by atoms with van der Waals surface area (Å²) in [7, 11) is 0. The number of nitrogens with two attached hydrogens (primary N) is 1. The maximum Gasteiger partial charge on any atom is 0.146 e. The third-order valence-corrected chi connectivity index (χ3v) is 4.53. The number of Topliss-reactive ketones (excluding diaryl/α,β-unsaturated/α-hetero) is 1. The summed E-state index contributed by atoms with van der Waals surface area (Å²) in [5.74, 6) is 1.88. The minimum atomic E-state index is -0.231. The Balaban J connectivity index is 1.95. The van der Waals surface area contributed by atoms with E-state index in [-0.39, 0.29) is 11.8 Å². The van der Waals surface area contributed by atoms with Gasteiger partial charge in [0.05, 0.1) is 6.04 Å². The van der Waals surface area contributed by atoms with E-state index < -0.39 is 0 Å². The smallest absolute Gasteiger partial charge is 0.146 e. The van der Waals surface area contributed by atoms with E-state index in [1.165, 1.54) is 51.4 Å². The Morgan fingerprint density at radius 2 is 1.83 bits per heavy atom. The van der Waals surface area contributed by atoms with Crippen LogP contribution in [0, 0.1) is 11.8 Å². The quantitative estimate of drug-likeness (QED) is 0.629. The molecule has 106 valence electrons. The van der Waals surface area contributed by atoms with Gasteiger partial charge >= 0.3 is 0 Å². The summed E-state index contributed by atoms with van der Waals surface area (Å²) >= 11 is 0. The Bertz CT molecular complexity index is 233. The Hall–Kier alpha value is -0.370. The summed E-state index contributed by atoms with van der Waals surface area (Å²) in [6.45, 7) is 3.89. The molecular weight excluding hydrogens is 222 g/mol. The predicted molar refractivity (Wildman–Crippen MR) is 77.5 cm³/mol. The summed E-state index contributed by atoms with van der Waals surface area (Å²) in [4.78, 5) is 11.0. The van der Waals surface area contributed by atoms with E-state index in [2.05, 4.69) is 6.92 Å². The zero-order chi connectivity index (χ0) is 13.4. The van der Waals surface area contributed by atoms with Crippen LogP contribution in [-0.4, -0.2) is 11.8 Å². The average Bonchev–Trinajstić information content (AvgIpc) is 2.84. The second kappa shape index (κ2) is 8.68. The standard InChI is InChI=1S/C16H31NO/c1-13(11-12-16(17)14(2)18)7-3-4-8-15-9-5-6-10-15/h13,15-16H,3-12,17H2,1-2H3/t13-,16-/m0/s1. The van der Waals surface area contributed by atoms with Crippen molar-refractivity contribution in [3.8, 4) is 0 Å². The molecule has 0 aromatic carbocycles. The van der Waals surface area contributed by atoms with Gasteiger partial charge in [0, 0.05) is 0 Å². The topological polar surface area (TPSA) is 43.1 Å². The highest BCUT2D eigenvalue weighted by Gasteiger charge is 2.14. The van der Waals surface area contributed by atoms with E-state index in [0.29, 0.717) is 0 Å². The molecule has 1 rings (SSSR count). The Kier molecular flexibility index (Phi) is 7.57. The van der Waals surface area contributed by atoms with Crippen molar-refractivity contribution in [2.45, 2.75) is 84.1 Å². The number of hydrogen-bond donors (Lipinski definition) is 1. The molecule has 0 aromatic heterocycles. The maximum absolute atomic E-state index is 11.0. The van der Waals surface area contributed by atoms with Gasteiger partial charge in [-0.25, -0.2) is 0 Å². The number of carbonyl (C=O) groups excluding carboxylic acids is 1. The van der Waals surface area contributed by atoms with Gasteiger partial charge in [-0.1, -0.05) is 58.3 Å². The summed E-state index contributed by atoms with van der Waals surface area (Å²) in [5.41, 5.74) is 5.75. The minimum Gasteiger partial charge on any atom is -0.322 e. The fourth-order valence-electron chi connectivity index (χ4n) is 3.04. The van der Waals surface area contributed by atoms with Crippen LogP contribution in [-0.2, 0) is 4.79 Å². The van der Waals surface area contributed by atoms with Gasteiger partial charge in [0.1, 0.15) is 5.78 Å². The van der Waals surface area contributed by atoms with Crippen LogP contribution in [0.3, 0.4) is 0 Å². The number of ketones is 1. The second-order valence-corrected chi connectivity index (χ2v) is 6.33. The minimum absolute atomic E-state index is 0.128. The third-order valence-electron chi connectivity index (χ3n) is 4.53. The van der Waals surface area contributed by atoms with Crippen LogP contribution in [0.5, 0.6) is 0 Å². The first kappa shape index (κ1) is 15.7. The Labute approximate surface area is 113 Å². The summed E-state index contributed by atoms with van der Waals surface area (Å²) in [6.07, 6.45) is 13.3. The fourth-order valence-corrected chi connectivity index (χ4v) is 3.04. The first-order chi connectivity index (χ1) is 8.59. The predicted octanol–water partition coefficient (Wildman–Crippen LogP) is 4.07. The molecule has 0 aliphatic heterocycles. The van der Waals surface area contributed by atoms with E-state index in [1.807, 2.05) is 0 Å². The SMILES string of the molecule is CC(=O)[C@@H](N)CC[C@@H](C)CCCCC1CCCC1. The van der Waals surface area contributed by atoms with Crippen LogP contribution in [0.2, 0.25) is 0 Å². The molecule has 0 unspecified atom stereocenters. The van der Waals surface area contributed by atoms with E-state index in [0.717, 1.165) is 24.7 Å². The van der Waals surface area contributed by atoms with E-state index in [4.69, 9.17) is 5.73 Å². The number of carbonyl (C=O) groups is 1. The fraction of sp³-hybridized carbons (Fsp3) is 0.938. The van der Waals surface area contributed by atoms with Gasteiger partial charge in [0.15, 0.2) is 0 Å². The largest absolute Gasteiger partial charge is 0.322 e. The maximum atomic E-state index is 11.0. The van der Waals surface area contributed by atoms with Crippen LogP contribution in [0.15, 0.2) is 0 Å². The van der Waals surface area contributed by atoms with Gasteiger partial charge in [-0.3, -0.25) is 4.79 Å². The lowest BCUT2D eigenvalue weighted by Gasteiger charge is -2.14. The van der Waals surface area contributed by atoms with E-state index in [9.17, 15) is 4.79 Å². The molecule has 0 amide bonds. The molecule has 0 heterocycles. The summed E-state index contributed by atoms with van der Waals surface area (Å²) in [6, 6.07) is -0.231. The normalized spacial score (nSPS) is 19.9. The van der Waals surface area contributed by atoms with Crippen molar-refractivity contribution in [1.29, 1.82) is 0 Å². The van der Waals surface area contributed by atoms with Gasteiger partial charge in [0.2, 0.25) is 0 Å². The third kappa shape index (κ3) is 6.53. The van der Waals surface area contributed by atoms with Crippen LogP contribution in [0.4, 0.5) is 0 Å². The molecular formula is C16H31NO. The molecule has 1 fully saturated rings. The number of hydrogen-bond acceptors (Lipinski definition) is 2. The number of rotatable bonds is 9. The molecule has 2 heteroatoms. The lowest BCUT2D eigenvalue weighted by atomic mass is 9.93. The van der Waals surface area contributed by atoms with Crippen molar-refractivity contribution in [1.82, 2.24) is 0 Å². The van der Waals surface area contributed by atoms with Gasteiger partial charge in [-0.05, 0) is 31.6 Å². The molecule has 1 aliphatic rings. The average molecular weight is 253 g/mol. The molecule has 1 saturated carbocycles. The van der Waals surface area contributed by atoms with Gasteiger partial charge in [-0.15, -0.1) is 0 Å². The highest BCUT2D eigenvalue weighted by molar-refractivity contribution is 5.81. The molecule has 0 radical (unpaired) electrons. The van der Waals surface area contributed by atoms with Crippen LogP contribution >= 0.6 is 0 Å². The Morgan fingerprint density at radius 1 is 1.17 bits per heavy atom. The van der Waals surface area contributed by atoms with Crippen LogP contribution in [0.1, 0.15) is 78.1 Å². The molecule has 0 spiro atoms. The molecule has 0 aromatic rings. The molecule has 2 atom stereocenters. The molecule has 2 nitrogen and oxygen atoms in total. The summed E-state index contributed by atoms with van der Waals surface area (Å²) < 4.78 is 0.